The summed E-state index contributed by atoms with van der Waals surface area (Å²) in [7, 11) is 0. The molecule has 1 aliphatic carbocycles. The van der Waals surface area contributed by atoms with E-state index < -0.39 is 0 Å². The topological polar surface area (TPSA) is 24.9 Å². The molecule has 0 bridgehead atoms. The molecule has 0 radical (unpaired) electrons. The van der Waals surface area contributed by atoms with Gasteiger partial charge in [-0.3, -0.25) is 0 Å². The van der Waals surface area contributed by atoms with Crippen molar-refractivity contribution >= 4 is 11.3 Å². The quantitative estimate of drug-likeness (QED) is 0.881. The zero-order valence-electron chi connectivity index (χ0n) is 11.4. The zero-order chi connectivity index (χ0) is 12.4. The van der Waals surface area contributed by atoms with E-state index in [2.05, 4.69) is 43.4 Å². The molecule has 0 aromatic carbocycles. The minimum atomic E-state index is 0.399. The maximum absolute atomic E-state index is 4.57. The molecule has 1 aromatic rings. The van der Waals surface area contributed by atoms with E-state index in [4.69, 9.17) is 0 Å². The van der Waals surface area contributed by atoms with E-state index >= 15 is 0 Å². The lowest BCUT2D eigenvalue weighted by Gasteiger charge is -2.33. The van der Waals surface area contributed by atoms with Crippen molar-refractivity contribution < 1.29 is 0 Å². The Balaban J connectivity index is 1.92. The molecular weight excluding hydrogens is 228 g/mol. The number of nitrogens with one attached hydrogen (secondary N) is 1. The van der Waals surface area contributed by atoms with E-state index in [-0.39, 0.29) is 0 Å². The second kappa shape index (κ2) is 5.49. The van der Waals surface area contributed by atoms with Gasteiger partial charge >= 0.3 is 0 Å². The fraction of sp³-hybridized carbons (Fsp3) is 0.786. The Morgan fingerprint density at radius 1 is 1.29 bits per heavy atom. The van der Waals surface area contributed by atoms with Crippen LogP contribution in [-0.2, 0) is 0 Å². The first-order valence-electron chi connectivity index (χ1n) is 6.72. The highest BCUT2D eigenvalue weighted by Gasteiger charge is 2.25. The van der Waals surface area contributed by atoms with Crippen LogP contribution >= 0.6 is 11.3 Å². The molecule has 0 saturated heterocycles. The summed E-state index contributed by atoms with van der Waals surface area (Å²) in [6, 6.07) is 1.07. The van der Waals surface area contributed by atoms with E-state index in [0.717, 1.165) is 17.5 Å². The summed E-state index contributed by atoms with van der Waals surface area (Å²) in [4.78, 5) is 4.57. The van der Waals surface area contributed by atoms with Gasteiger partial charge in [0.1, 0.15) is 5.01 Å². The summed E-state index contributed by atoms with van der Waals surface area (Å²) in [6.07, 6.45) is 4.03. The number of aromatic nitrogens is 1. The average molecular weight is 252 g/mol. The SMILES string of the molecule is Cc1csc(C(C)NC2CC(C)CC(C)C2)n1. The zero-order valence-corrected chi connectivity index (χ0v) is 12.2. The van der Waals surface area contributed by atoms with Crippen LogP contribution in [0.2, 0.25) is 0 Å². The largest absolute Gasteiger partial charge is 0.305 e. The van der Waals surface area contributed by atoms with Crippen LogP contribution in [0, 0.1) is 18.8 Å². The summed E-state index contributed by atoms with van der Waals surface area (Å²) >= 11 is 1.77. The van der Waals surface area contributed by atoms with Gasteiger partial charge in [0.15, 0.2) is 0 Å². The van der Waals surface area contributed by atoms with E-state index in [1.54, 1.807) is 11.3 Å². The monoisotopic (exact) mass is 252 g/mol. The number of rotatable bonds is 3. The number of hydrogen-bond donors (Lipinski definition) is 1. The van der Waals surface area contributed by atoms with Gasteiger partial charge < -0.3 is 5.32 Å². The molecule has 1 aromatic heterocycles. The summed E-state index contributed by atoms with van der Waals surface area (Å²) in [5, 5.41) is 7.13. The Morgan fingerprint density at radius 3 is 2.47 bits per heavy atom. The lowest BCUT2D eigenvalue weighted by molar-refractivity contribution is 0.228. The molecule has 0 amide bonds. The lowest BCUT2D eigenvalue weighted by Crippen LogP contribution is -2.37. The number of hydrogen-bond acceptors (Lipinski definition) is 3. The Kier molecular flexibility index (Phi) is 4.21. The van der Waals surface area contributed by atoms with Crippen molar-refractivity contribution in [3.8, 4) is 0 Å². The normalized spacial score (nSPS) is 31.4. The molecule has 96 valence electrons. The van der Waals surface area contributed by atoms with E-state index in [9.17, 15) is 0 Å². The molecule has 1 aliphatic rings. The second-order valence-corrected chi connectivity index (χ2v) is 6.72. The molecular formula is C14H24N2S. The molecule has 2 nitrogen and oxygen atoms in total. The summed E-state index contributed by atoms with van der Waals surface area (Å²) in [5.74, 6) is 1.72. The molecule has 2 rings (SSSR count). The summed E-state index contributed by atoms with van der Waals surface area (Å²) < 4.78 is 0. The Hall–Kier alpha value is -0.410. The third-order valence-corrected chi connectivity index (χ3v) is 4.82. The highest BCUT2D eigenvalue weighted by molar-refractivity contribution is 7.09. The van der Waals surface area contributed by atoms with E-state index in [0.29, 0.717) is 12.1 Å². The van der Waals surface area contributed by atoms with E-state index in [1.807, 2.05) is 0 Å². The third kappa shape index (κ3) is 3.52. The van der Waals surface area contributed by atoms with Gasteiger partial charge in [-0.1, -0.05) is 13.8 Å². The maximum Gasteiger partial charge on any atom is 0.110 e. The smallest absolute Gasteiger partial charge is 0.110 e. The highest BCUT2D eigenvalue weighted by Crippen LogP contribution is 2.30. The molecule has 3 unspecified atom stereocenters. The van der Waals surface area contributed by atoms with Gasteiger partial charge in [-0.25, -0.2) is 4.98 Å². The van der Waals surface area contributed by atoms with Crippen molar-refractivity contribution in [2.24, 2.45) is 11.8 Å². The number of thiazole rings is 1. The van der Waals surface area contributed by atoms with Crippen LogP contribution in [0.4, 0.5) is 0 Å². The Labute approximate surface area is 109 Å². The fourth-order valence-corrected chi connectivity index (χ4v) is 3.89. The molecule has 1 fully saturated rings. The molecule has 17 heavy (non-hydrogen) atoms. The van der Waals surface area contributed by atoms with Crippen LogP contribution in [0.15, 0.2) is 5.38 Å². The minimum absolute atomic E-state index is 0.399. The molecule has 0 spiro atoms. The van der Waals surface area contributed by atoms with Gasteiger partial charge in [-0.15, -0.1) is 11.3 Å². The van der Waals surface area contributed by atoms with Gasteiger partial charge in [0, 0.05) is 17.1 Å². The van der Waals surface area contributed by atoms with Crippen molar-refractivity contribution in [2.75, 3.05) is 0 Å². The first kappa shape index (κ1) is 13.0. The first-order valence-corrected chi connectivity index (χ1v) is 7.60. The average Bonchev–Trinajstić information content (AvgIpc) is 2.63. The van der Waals surface area contributed by atoms with Gasteiger partial charge in [-0.05, 0) is 44.9 Å². The van der Waals surface area contributed by atoms with Crippen molar-refractivity contribution in [3.05, 3.63) is 16.1 Å². The van der Waals surface area contributed by atoms with Crippen LogP contribution in [0.25, 0.3) is 0 Å². The molecule has 1 N–H and O–H groups in total. The number of nitrogens with zero attached hydrogens (tertiary/aromatic N) is 1. The van der Waals surface area contributed by atoms with Crippen molar-refractivity contribution in [3.63, 3.8) is 0 Å². The molecule has 3 atom stereocenters. The van der Waals surface area contributed by atoms with Crippen LogP contribution < -0.4 is 5.32 Å². The predicted octanol–water partition coefficient (Wildman–Crippen LogP) is 3.93. The van der Waals surface area contributed by atoms with Gasteiger partial charge in [0.05, 0.1) is 6.04 Å². The van der Waals surface area contributed by atoms with Gasteiger partial charge in [0.25, 0.3) is 0 Å². The Bertz CT molecular complexity index is 351. The second-order valence-electron chi connectivity index (χ2n) is 5.83. The summed E-state index contributed by atoms with van der Waals surface area (Å²) in [5.41, 5.74) is 1.14. The first-order chi connectivity index (χ1) is 8.04. The third-order valence-electron chi connectivity index (χ3n) is 3.67. The Morgan fingerprint density at radius 2 is 1.94 bits per heavy atom. The van der Waals surface area contributed by atoms with Crippen molar-refractivity contribution in [2.45, 2.75) is 59.0 Å². The summed E-state index contributed by atoms with van der Waals surface area (Å²) in [6.45, 7) is 9.06. The fourth-order valence-electron chi connectivity index (χ4n) is 3.08. The lowest BCUT2D eigenvalue weighted by atomic mass is 9.80. The van der Waals surface area contributed by atoms with Crippen LogP contribution in [0.3, 0.4) is 0 Å². The van der Waals surface area contributed by atoms with E-state index in [1.165, 1.54) is 24.3 Å². The van der Waals surface area contributed by atoms with Crippen LogP contribution in [0.1, 0.15) is 56.8 Å². The minimum Gasteiger partial charge on any atom is -0.305 e. The van der Waals surface area contributed by atoms with Gasteiger partial charge in [-0.2, -0.15) is 0 Å². The van der Waals surface area contributed by atoms with Crippen LogP contribution in [0.5, 0.6) is 0 Å². The van der Waals surface area contributed by atoms with Crippen molar-refractivity contribution in [1.82, 2.24) is 10.3 Å². The molecule has 0 aliphatic heterocycles. The predicted molar refractivity (Wildman–Crippen MR) is 74.4 cm³/mol. The maximum atomic E-state index is 4.57. The van der Waals surface area contributed by atoms with Gasteiger partial charge in [0.2, 0.25) is 0 Å². The standard InChI is InChI=1S/C14H24N2S/c1-9-5-10(2)7-13(6-9)16-12(4)14-15-11(3)8-17-14/h8-10,12-13,16H,5-7H2,1-4H3. The van der Waals surface area contributed by atoms with Crippen molar-refractivity contribution in [1.29, 1.82) is 0 Å². The molecule has 3 heteroatoms. The molecule has 1 heterocycles. The highest BCUT2D eigenvalue weighted by atomic mass is 32.1. The van der Waals surface area contributed by atoms with Crippen LogP contribution in [-0.4, -0.2) is 11.0 Å². The number of aryl methyl sites for hydroxylation is 1. The molecule has 1 saturated carbocycles.